The summed E-state index contributed by atoms with van der Waals surface area (Å²) >= 11 is 0. The number of fused-ring (bicyclic) bond motifs is 3. The zero-order chi connectivity index (χ0) is 25.4. The number of nitrogens with zero attached hydrogens (tertiary/aromatic N) is 4. The Kier molecular flexibility index (Phi) is 6.25. The molecule has 37 heavy (non-hydrogen) atoms. The van der Waals surface area contributed by atoms with E-state index in [1.54, 1.807) is 6.07 Å². The van der Waals surface area contributed by atoms with Crippen molar-refractivity contribution in [1.29, 1.82) is 0 Å². The molecule has 0 aliphatic carbocycles. The number of aryl methyl sites for hydroxylation is 1. The van der Waals surface area contributed by atoms with E-state index in [0.29, 0.717) is 18.9 Å². The molecule has 2 aromatic heterocycles. The number of hydrogen-bond acceptors (Lipinski definition) is 6. The fraction of sp³-hybridized carbons (Fsp3) is 0.333. The minimum atomic E-state index is -2.95. The zero-order valence-electron chi connectivity index (χ0n) is 19.9. The van der Waals surface area contributed by atoms with Crippen LogP contribution in [0.1, 0.15) is 53.2 Å². The Morgan fingerprint density at radius 3 is 2.65 bits per heavy atom. The maximum absolute atomic E-state index is 12.8. The lowest BCUT2D eigenvalue weighted by atomic mass is 9.99. The number of imidazole rings is 1. The Morgan fingerprint density at radius 2 is 1.86 bits per heavy atom. The highest BCUT2D eigenvalue weighted by Crippen LogP contribution is 2.33. The SMILES string of the molecule is O=C(N[C@@H]1CCn2c1nc1ccc(-c3cnc(C4CCOCC4)nc3)cc12)c1cccc(OC(F)F)c1. The molecule has 1 fully saturated rings. The molecule has 10 heteroatoms. The number of ether oxygens (including phenoxy) is 2. The lowest BCUT2D eigenvalue weighted by Crippen LogP contribution is -2.27. The van der Waals surface area contributed by atoms with Crippen molar-refractivity contribution in [3.8, 4) is 16.9 Å². The number of rotatable bonds is 6. The van der Waals surface area contributed by atoms with E-state index in [9.17, 15) is 13.6 Å². The van der Waals surface area contributed by atoms with Gasteiger partial charge in [0.2, 0.25) is 0 Å². The van der Waals surface area contributed by atoms with E-state index in [1.165, 1.54) is 18.2 Å². The van der Waals surface area contributed by atoms with Gasteiger partial charge in [-0.3, -0.25) is 4.79 Å². The summed E-state index contributed by atoms with van der Waals surface area (Å²) in [4.78, 5) is 26.9. The first-order chi connectivity index (χ1) is 18.0. The predicted molar refractivity (Wildman–Crippen MR) is 131 cm³/mol. The molecule has 1 saturated heterocycles. The summed E-state index contributed by atoms with van der Waals surface area (Å²) in [6, 6.07) is 11.5. The maximum Gasteiger partial charge on any atom is 0.387 e. The van der Waals surface area contributed by atoms with Crippen molar-refractivity contribution in [2.24, 2.45) is 0 Å². The van der Waals surface area contributed by atoms with Crippen molar-refractivity contribution in [1.82, 2.24) is 24.8 Å². The molecule has 0 unspecified atom stereocenters. The molecular weight excluding hydrogens is 480 g/mol. The van der Waals surface area contributed by atoms with Gasteiger partial charge in [0.05, 0.1) is 17.1 Å². The summed E-state index contributed by atoms with van der Waals surface area (Å²) in [6.45, 7) is -0.748. The van der Waals surface area contributed by atoms with Crippen molar-refractivity contribution < 1.29 is 23.0 Å². The fourth-order valence-corrected chi connectivity index (χ4v) is 5.05. The molecule has 2 aliphatic heterocycles. The van der Waals surface area contributed by atoms with Gasteiger partial charge in [-0.25, -0.2) is 15.0 Å². The number of benzene rings is 2. The minimum absolute atomic E-state index is 0.0568. The van der Waals surface area contributed by atoms with Gasteiger partial charge in [-0.2, -0.15) is 8.78 Å². The number of nitrogens with one attached hydrogen (secondary N) is 1. The van der Waals surface area contributed by atoms with Crippen LogP contribution in [0.3, 0.4) is 0 Å². The molecule has 2 aromatic carbocycles. The lowest BCUT2D eigenvalue weighted by molar-refractivity contribution is -0.0498. The summed E-state index contributed by atoms with van der Waals surface area (Å²) < 4.78 is 37.0. The number of amides is 1. The normalized spacial score (nSPS) is 17.8. The van der Waals surface area contributed by atoms with Crippen LogP contribution >= 0.6 is 0 Å². The van der Waals surface area contributed by atoms with Gasteiger partial charge in [-0.15, -0.1) is 0 Å². The third-order valence-corrected chi connectivity index (χ3v) is 6.95. The van der Waals surface area contributed by atoms with Gasteiger partial charge in [-0.05, 0) is 55.2 Å². The first kappa shape index (κ1) is 23.5. The van der Waals surface area contributed by atoms with Crippen molar-refractivity contribution in [3.63, 3.8) is 0 Å². The standard InChI is InChI=1S/C27H25F2N5O3/c28-27(29)37-20-3-1-2-18(12-20)26(35)33-22-6-9-34-23-13-17(4-5-21(23)32-25(22)34)19-14-30-24(31-15-19)16-7-10-36-11-8-16/h1-5,12-16,22,27H,6-11H2,(H,33,35)/t22-/m1/s1. The quantitative estimate of drug-likeness (QED) is 0.402. The first-order valence-corrected chi connectivity index (χ1v) is 12.3. The molecule has 190 valence electrons. The average Bonchev–Trinajstić information content (AvgIpc) is 3.48. The third-order valence-electron chi connectivity index (χ3n) is 6.95. The number of carbonyl (C=O) groups is 1. The van der Waals surface area contributed by atoms with Gasteiger partial charge in [-0.1, -0.05) is 12.1 Å². The number of halogens is 2. The van der Waals surface area contributed by atoms with Crippen molar-refractivity contribution in [2.75, 3.05) is 13.2 Å². The number of carbonyl (C=O) groups excluding carboxylic acids is 1. The fourth-order valence-electron chi connectivity index (χ4n) is 5.05. The molecule has 8 nitrogen and oxygen atoms in total. The third kappa shape index (κ3) is 4.76. The molecule has 1 amide bonds. The summed E-state index contributed by atoms with van der Waals surface area (Å²) in [5.41, 5.74) is 3.99. The molecule has 0 spiro atoms. The van der Waals surface area contributed by atoms with E-state index < -0.39 is 6.61 Å². The minimum Gasteiger partial charge on any atom is -0.435 e. The highest BCUT2D eigenvalue weighted by Gasteiger charge is 2.28. The van der Waals surface area contributed by atoms with Crippen LogP contribution in [-0.2, 0) is 11.3 Å². The zero-order valence-corrected chi connectivity index (χ0v) is 19.9. The number of alkyl halides is 2. The Morgan fingerprint density at radius 1 is 1.05 bits per heavy atom. The lowest BCUT2D eigenvalue weighted by Gasteiger charge is -2.20. The second kappa shape index (κ2) is 9.85. The van der Waals surface area contributed by atoms with Gasteiger partial charge < -0.3 is 19.4 Å². The Bertz CT molecular complexity index is 1430. The summed E-state index contributed by atoms with van der Waals surface area (Å²) in [5, 5.41) is 2.98. The molecule has 0 radical (unpaired) electrons. The van der Waals surface area contributed by atoms with E-state index in [0.717, 1.165) is 59.9 Å². The topological polar surface area (TPSA) is 91.2 Å². The van der Waals surface area contributed by atoms with E-state index in [1.807, 2.05) is 24.5 Å². The second-order valence-electron chi connectivity index (χ2n) is 9.26. The average molecular weight is 506 g/mol. The summed E-state index contributed by atoms with van der Waals surface area (Å²) in [6.07, 6.45) is 6.31. The Balaban J connectivity index is 1.21. The van der Waals surface area contributed by atoms with Gasteiger partial charge in [0.25, 0.3) is 5.91 Å². The molecule has 6 rings (SSSR count). The molecule has 4 heterocycles. The molecule has 1 N–H and O–H groups in total. The molecule has 1 atom stereocenters. The van der Waals surface area contributed by atoms with Crippen LogP contribution in [-0.4, -0.2) is 45.3 Å². The predicted octanol–water partition coefficient (Wildman–Crippen LogP) is 4.86. The van der Waals surface area contributed by atoms with E-state index in [2.05, 4.69) is 30.7 Å². The molecular formula is C27H25F2N5O3. The van der Waals surface area contributed by atoms with Crippen LogP contribution in [0.25, 0.3) is 22.2 Å². The summed E-state index contributed by atoms with van der Waals surface area (Å²) in [7, 11) is 0. The monoisotopic (exact) mass is 505 g/mol. The van der Waals surface area contributed by atoms with Crippen molar-refractivity contribution >= 4 is 16.9 Å². The van der Waals surface area contributed by atoms with Gasteiger partial charge in [0, 0.05) is 49.2 Å². The van der Waals surface area contributed by atoms with Crippen LogP contribution in [0.5, 0.6) is 5.75 Å². The van der Waals surface area contributed by atoms with Crippen LogP contribution in [0.2, 0.25) is 0 Å². The van der Waals surface area contributed by atoms with Crippen molar-refractivity contribution in [2.45, 2.75) is 44.4 Å². The van der Waals surface area contributed by atoms with Crippen LogP contribution in [0.4, 0.5) is 8.78 Å². The molecule has 4 aromatic rings. The van der Waals surface area contributed by atoms with E-state index in [-0.39, 0.29) is 23.3 Å². The number of hydrogen-bond donors (Lipinski definition) is 1. The van der Waals surface area contributed by atoms with E-state index in [4.69, 9.17) is 9.72 Å². The van der Waals surface area contributed by atoms with Gasteiger partial charge >= 0.3 is 6.61 Å². The highest BCUT2D eigenvalue weighted by molar-refractivity contribution is 5.95. The molecule has 0 saturated carbocycles. The largest absolute Gasteiger partial charge is 0.435 e. The van der Waals surface area contributed by atoms with Crippen LogP contribution in [0.15, 0.2) is 54.9 Å². The van der Waals surface area contributed by atoms with Crippen LogP contribution in [0, 0.1) is 0 Å². The van der Waals surface area contributed by atoms with E-state index >= 15 is 0 Å². The van der Waals surface area contributed by atoms with Crippen LogP contribution < -0.4 is 10.1 Å². The Labute approximate surface area is 211 Å². The van der Waals surface area contributed by atoms with Gasteiger partial charge in [0.1, 0.15) is 17.4 Å². The van der Waals surface area contributed by atoms with Gasteiger partial charge in [0.15, 0.2) is 0 Å². The highest BCUT2D eigenvalue weighted by atomic mass is 19.3. The molecule has 2 aliphatic rings. The maximum atomic E-state index is 12.8. The Hall–Kier alpha value is -3.92. The molecule has 0 bridgehead atoms. The number of aromatic nitrogens is 4. The second-order valence-corrected chi connectivity index (χ2v) is 9.26. The smallest absolute Gasteiger partial charge is 0.387 e. The van der Waals surface area contributed by atoms with Crippen molar-refractivity contribution in [3.05, 3.63) is 72.1 Å². The first-order valence-electron chi connectivity index (χ1n) is 12.3. The summed E-state index contributed by atoms with van der Waals surface area (Å²) in [5.74, 6) is 1.55.